The molecule has 18 heavy (non-hydrogen) atoms. The molecule has 92 valence electrons. The average Bonchev–Trinajstić information content (AvgIpc) is 2.44. The van der Waals surface area contributed by atoms with Crippen LogP contribution in [-0.2, 0) is 0 Å². The van der Waals surface area contributed by atoms with Crippen LogP contribution in [0.5, 0.6) is 17.4 Å². The van der Waals surface area contributed by atoms with Crippen LogP contribution in [0.4, 0.5) is 0 Å². The van der Waals surface area contributed by atoms with Crippen LogP contribution in [0.3, 0.4) is 0 Å². The van der Waals surface area contributed by atoms with Gasteiger partial charge in [0.2, 0.25) is 5.88 Å². The molecule has 0 saturated carbocycles. The van der Waals surface area contributed by atoms with Gasteiger partial charge in [-0.25, -0.2) is 4.98 Å². The van der Waals surface area contributed by atoms with Crippen LogP contribution in [0.2, 0.25) is 0 Å². The minimum atomic E-state index is 0.395. The number of methoxy groups -OCH3 is 3. The Bertz CT molecular complexity index is 632. The lowest BCUT2D eigenvalue weighted by Gasteiger charge is -2.10. The predicted octanol–water partition coefficient (Wildman–Crippen LogP) is 2.13. The van der Waals surface area contributed by atoms with E-state index in [0.717, 1.165) is 0 Å². The minimum Gasteiger partial charge on any atom is -0.493 e. The molecule has 0 fully saturated rings. The Morgan fingerprint density at radius 3 is 2.22 bits per heavy atom. The number of pyridine rings is 1. The maximum atomic E-state index is 9.14. The molecule has 2 rings (SSSR count). The lowest BCUT2D eigenvalue weighted by atomic mass is 10.1. The van der Waals surface area contributed by atoms with E-state index in [-0.39, 0.29) is 0 Å². The van der Waals surface area contributed by atoms with Crippen molar-refractivity contribution >= 4 is 10.9 Å². The van der Waals surface area contributed by atoms with Crippen LogP contribution in [-0.4, -0.2) is 26.3 Å². The first-order valence-corrected chi connectivity index (χ1v) is 5.24. The molecule has 0 amide bonds. The molecule has 1 aromatic heterocycles. The standard InChI is InChI=1S/C13H12N2O3/c1-16-11-5-9-8(7-14)4-13(18-3)15-10(9)6-12(11)17-2/h4-6H,1-3H3. The van der Waals surface area contributed by atoms with Crippen molar-refractivity contribution in [3.8, 4) is 23.4 Å². The molecule has 5 heteroatoms. The third kappa shape index (κ3) is 1.89. The molecule has 1 heterocycles. The van der Waals surface area contributed by atoms with E-state index < -0.39 is 0 Å². The van der Waals surface area contributed by atoms with E-state index in [4.69, 9.17) is 19.5 Å². The summed E-state index contributed by atoms with van der Waals surface area (Å²) in [5.41, 5.74) is 1.11. The van der Waals surface area contributed by atoms with Gasteiger partial charge in [-0.2, -0.15) is 5.26 Å². The van der Waals surface area contributed by atoms with Gasteiger partial charge in [0.15, 0.2) is 11.5 Å². The number of benzene rings is 1. The summed E-state index contributed by atoms with van der Waals surface area (Å²) in [6, 6.07) is 7.16. The zero-order valence-electron chi connectivity index (χ0n) is 10.4. The molecule has 0 bridgehead atoms. The number of nitrogens with zero attached hydrogens (tertiary/aromatic N) is 2. The van der Waals surface area contributed by atoms with E-state index in [1.807, 2.05) is 0 Å². The maximum absolute atomic E-state index is 9.14. The Morgan fingerprint density at radius 2 is 1.67 bits per heavy atom. The van der Waals surface area contributed by atoms with Gasteiger partial charge in [-0.05, 0) is 6.07 Å². The fraction of sp³-hybridized carbons (Fsp3) is 0.231. The summed E-state index contributed by atoms with van der Waals surface area (Å²) in [4.78, 5) is 4.28. The molecule has 0 aliphatic carbocycles. The monoisotopic (exact) mass is 244 g/mol. The smallest absolute Gasteiger partial charge is 0.214 e. The van der Waals surface area contributed by atoms with E-state index in [1.54, 1.807) is 32.4 Å². The van der Waals surface area contributed by atoms with Gasteiger partial charge in [-0.3, -0.25) is 0 Å². The van der Waals surface area contributed by atoms with E-state index in [1.165, 1.54) is 7.11 Å². The van der Waals surface area contributed by atoms with Crippen molar-refractivity contribution in [2.75, 3.05) is 21.3 Å². The first-order chi connectivity index (χ1) is 8.73. The number of rotatable bonds is 3. The summed E-state index contributed by atoms with van der Waals surface area (Å²) in [5.74, 6) is 1.52. The van der Waals surface area contributed by atoms with Gasteiger partial charge >= 0.3 is 0 Å². The van der Waals surface area contributed by atoms with Crippen LogP contribution >= 0.6 is 0 Å². The van der Waals surface area contributed by atoms with E-state index in [0.29, 0.717) is 33.8 Å². The van der Waals surface area contributed by atoms with E-state index in [2.05, 4.69) is 11.1 Å². The van der Waals surface area contributed by atoms with Gasteiger partial charge < -0.3 is 14.2 Å². The van der Waals surface area contributed by atoms with Gasteiger partial charge in [0.1, 0.15) is 6.07 Å². The Kier molecular flexibility index (Phi) is 3.20. The highest BCUT2D eigenvalue weighted by Crippen LogP contribution is 2.33. The fourth-order valence-corrected chi connectivity index (χ4v) is 1.73. The Hall–Kier alpha value is -2.48. The number of hydrogen-bond donors (Lipinski definition) is 0. The highest BCUT2D eigenvalue weighted by Gasteiger charge is 2.11. The van der Waals surface area contributed by atoms with Gasteiger partial charge in [-0.15, -0.1) is 0 Å². The minimum absolute atomic E-state index is 0.395. The van der Waals surface area contributed by atoms with E-state index >= 15 is 0 Å². The number of aromatic nitrogens is 1. The zero-order valence-corrected chi connectivity index (χ0v) is 10.4. The molecule has 5 nitrogen and oxygen atoms in total. The van der Waals surface area contributed by atoms with Crippen LogP contribution in [0, 0.1) is 11.3 Å². The molecule has 1 aromatic carbocycles. The van der Waals surface area contributed by atoms with Crippen molar-refractivity contribution in [1.82, 2.24) is 4.98 Å². The summed E-state index contributed by atoms with van der Waals surface area (Å²) in [5, 5.41) is 9.84. The quantitative estimate of drug-likeness (QED) is 0.827. The molecule has 0 unspecified atom stereocenters. The molecule has 0 radical (unpaired) electrons. The molecule has 0 aliphatic rings. The lowest BCUT2D eigenvalue weighted by Crippen LogP contribution is -1.95. The molecular weight excluding hydrogens is 232 g/mol. The molecular formula is C13H12N2O3. The van der Waals surface area contributed by atoms with Crippen LogP contribution in [0.1, 0.15) is 5.56 Å². The van der Waals surface area contributed by atoms with Crippen molar-refractivity contribution < 1.29 is 14.2 Å². The van der Waals surface area contributed by atoms with Crippen LogP contribution < -0.4 is 14.2 Å². The Labute approximate surface area is 105 Å². The molecule has 0 spiro atoms. The number of ether oxygens (including phenoxy) is 3. The largest absolute Gasteiger partial charge is 0.493 e. The molecule has 0 atom stereocenters. The Balaban J connectivity index is 2.80. The summed E-state index contributed by atoms with van der Waals surface area (Å²) in [7, 11) is 4.61. The van der Waals surface area contributed by atoms with Crippen molar-refractivity contribution in [2.24, 2.45) is 0 Å². The van der Waals surface area contributed by atoms with Crippen molar-refractivity contribution in [3.63, 3.8) is 0 Å². The number of nitriles is 1. The Morgan fingerprint density at radius 1 is 1.00 bits per heavy atom. The highest BCUT2D eigenvalue weighted by molar-refractivity contribution is 5.88. The van der Waals surface area contributed by atoms with Gasteiger partial charge in [0.05, 0.1) is 32.4 Å². The average molecular weight is 244 g/mol. The van der Waals surface area contributed by atoms with Gasteiger partial charge in [0.25, 0.3) is 0 Å². The topological polar surface area (TPSA) is 64.4 Å². The van der Waals surface area contributed by atoms with Crippen LogP contribution in [0.15, 0.2) is 18.2 Å². The summed E-state index contributed by atoms with van der Waals surface area (Å²) < 4.78 is 15.5. The van der Waals surface area contributed by atoms with Crippen molar-refractivity contribution in [3.05, 3.63) is 23.8 Å². The van der Waals surface area contributed by atoms with Crippen LogP contribution in [0.25, 0.3) is 10.9 Å². The normalized spacial score (nSPS) is 9.89. The molecule has 0 N–H and O–H groups in total. The first-order valence-electron chi connectivity index (χ1n) is 5.24. The maximum Gasteiger partial charge on any atom is 0.214 e. The second-order valence-corrected chi connectivity index (χ2v) is 3.55. The number of hydrogen-bond acceptors (Lipinski definition) is 5. The fourth-order valence-electron chi connectivity index (χ4n) is 1.73. The highest BCUT2D eigenvalue weighted by atomic mass is 16.5. The molecule has 2 aromatic rings. The molecule has 0 saturated heterocycles. The van der Waals surface area contributed by atoms with Gasteiger partial charge in [0, 0.05) is 17.5 Å². The summed E-state index contributed by atoms with van der Waals surface area (Å²) in [6.45, 7) is 0. The van der Waals surface area contributed by atoms with Crippen molar-refractivity contribution in [1.29, 1.82) is 5.26 Å². The second-order valence-electron chi connectivity index (χ2n) is 3.55. The SMILES string of the molecule is COc1cc(C#N)c2cc(OC)c(OC)cc2n1. The first kappa shape index (κ1) is 12.0. The third-order valence-electron chi connectivity index (χ3n) is 2.62. The van der Waals surface area contributed by atoms with E-state index in [9.17, 15) is 0 Å². The number of fused-ring (bicyclic) bond motifs is 1. The second kappa shape index (κ2) is 4.80. The zero-order chi connectivity index (χ0) is 13.1. The molecule has 0 aliphatic heterocycles. The summed E-state index contributed by atoms with van der Waals surface area (Å²) in [6.07, 6.45) is 0. The summed E-state index contributed by atoms with van der Waals surface area (Å²) >= 11 is 0. The van der Waals surface area contributed by atoms with Gasteiger partial charge in [-0.1, -0.05) is 0 Å². The van der Waals surface area contributed by atoms with Crippen molar-refractivity contribution in [2.45, 2.75) is 0 Å². The lowest BCUT2D eigenvalue weighted by molar-refractivity contribution is 0.355. The predicted molar refractivity (Wildman–Crippen MR) is 66.1 cm³/mol. The third-order valence-corrected chi connectivity index (χ3v) is 2.62.